The highest BCUT2D eigenvalue weighted by molar-refractivity contribution is 6.37. The van der Waals surface area contributed by atoms with Crippen LogP contribution in [0.5, 0.6) is 5.75 Å². The zero-order chi connectivity index (χ0) is 14.6. The summed E-state index contributed by atoms with van der Waals surface area (Å²) in [5, 5.41) is 0.701. The molecule has 0 bridgehead atoms. The third-order valence-electron chi connectivity index (χ3n) is 2.18. The molecule has 0 fully saturated rings. The molecule has 0 heterocycles. The summed E-state index contributed by atoms with van der Waals surface area (Å²) in [5.41, 5.74) is 11.3. The van der Waals surface area contributed by atoms with Gasteiger partial charge in [0.05, 0.1) is 17.2 Å². The minimum absolute atomic E-state index is 0.288. The Balaban J connectivity index is 3.12. The molecule has 0 aromatic heterocycles. The molecule has 1 aromatic carbocycles. The molecule has 0 spiro atoms. The first-order chi connectivity index (χ1) is 8.85. The number of aliphatic imine (C=N–C) groups is 1. The second kappa shape index (κ2) is 6.45. The Morgan fingerprint density at radius 2 is 1.84 bits per heavy atom. The SMILES string of the molecule is COc1c(Cl)cc(/C=C(\C)C(=O)N=C(N)N)cc1Cl. The summed E-state index contributed by atoms with van der Waals surface area (Å²) < 4.78 is 5.03. The normalized spacial score (nSPS) is 11.1. The lowest BCUT2D eigenvalue weighted by Gasteiger charge is -2.07. The Kier molecular flexibility index (Phi) is 5.20. The molecule has 1 amide bonds. The zero-order valence-electron chi connectivity index (χ0n) is 10.4. The van der Waals surface area contributed by atoms with Crippen LogP contribution in [0.3, 0.4) is 0 Å². The molecule has 0 unspecified atom stereocenters. The van der Waals surface area contributed by atoms with Gasteiger partial charge >= 0.3 is 0 Å². The molecule has 0 aliphatic heterocycles. The molecule has 0 saturated carbocycles. The Morgan fingerprint density at radius 1 is 1.32 bits per heavy atom. The number of rotatable bonds is 3. The molecule has 102 valence electrons. The van der Waals surface area contributed by atoms with Crippen molar-refractivity contribution in [1.82, 2.24) is 0 Å². The molecule has 1 rings (SSSR count). The maximum atomic E-state index is 11.5. The van der Waals surface area contributed by atoms with Crippen LogP contribution < -0.4 is 16.2 Å². The Labute approximate surface area is 120 Å². The third kappa shape index (κ3) is 4.15. The van der Waals surface area contributed by atoms with Gasteiger partial charge in [0.2, 0.25) is 0 Å². The van der Waals surface area contributed by atoms with E-state index in [0.717, 1.165) is 0 Å². The van der Waals surface area contributed by atoms with Crippen molar-refractivity contribution in [2.45, 2.75) is 6.92 Å². The molecule has 0 aliphatic rings. The molecule has 5 nitrogen and oxygen atoms in total. The highest BCUT2D eigenvalue weighted by Crippen LogP contribution is 2.34. The van der Waals surface area contributed by atoms with Crippen molar-refractivity contribution >= 4 is 41.1 Å². The molecule has 0 atom stereocenters. The molecular formula is C12H13Cl2N3O2. The van der Waals surface area contributed by atoms with Crippen LogP contribution in [0.2, 0.25) is 10.0 Å². The van der Waals surface area contributed by atoms with Crippen molar-refractivity contribution < 1.29 is 9.53 Å². The number of guanidine groups is 1. The number of methoxy groups -OCH3 is 1. The van der Waals surface area contributed by atoms with Gasteiger partial charge in [0.15, 0.2) is 11.7 Å². The first kappa shape index (κ1) is 15.3. The van der Waals surface area contributed by atoms with E-state index >= 15 is 0 Å². The fourth-order valence-corrected chi connectivity index (χ4v) is 2.03. The second-order valence-corrected chi connectivity index (χ2v) is 4.50. The van der Waals surface area contributed by atoms with E-state index in [2.05, 4.69) is 4.99 Å². The number of carbonyl (C=O) groups excluding carboxylic acids is 1. The van der Waals surface area contributed by atoms with Crippen molar-refractivity contribution in [2.75, 3.05) is 7.11 Å². The molecule has 19 heavy (non-hydrogen) atoms. The fraction of sp³-hybridized carbons (Fsp3) is 0.167. The molecular weight excluding hydrogens is 289 g/mol. The molecule has 0 radical (unpaired) electrons. The molecule has 1 aromatic rings. The van der Waals surface area contributed by atoms with E-state index in [0.29, 0.717) is 26.9 Å². The minimum Gasteiger partial charge on any atom is -0.494 e. The average molecular weight is 302 g/mol. The van der Waals surface area contributed by atoms with E-state index < -0.39 is 5.91 Å². The molecule has 4 N–H and O–H groups in total. The largest absolute Gasteiger partial charge is 0.494 e. The summed E-state index contributed by atoms with van der Waals surface area (Å²) in [6, 6.07) is 3.25. The molecule has 0 saturated heterocycles. The summed E-state index contributed by atoms with van der Waals surface area (Å²) in [6.45, 7) is 1.58. The second-order valence-electron chi connectivity index (χ2n) is 3.69. The van der Waals surface area contributed by atoms with Crippen LogP contribution >= 0.6 is 23.2 Å². The van der Waals surface area contributed by atoms with Crippen LogP contribution in [0.15, 0.2) is 22.7 Å². The van der Waals surface area contributed by atoms with Gasteiger partial charge in [0.25, 0.3) is 5.91 Å². The van der Waals surface area contributed by atoms with Gasteiger partial charge in [-0.05, 0) is 30.7 Å². The van der Waals surface area contributed by atoms with Crippen molar-refractivity contribution in [3.8, 4) is 5.75 Å². The third-order valence-corrected chi connectivity index (χ3v) is 2.74. The maximum Gasteiger partial charge on any atom is 0.275 e. The van der Waals surface area contributed by atoms with Crippen molar-refractivity contribution in [1.29, 1.82) is 0 Å². The number of halogens is 2. The van der Waals surface area contributed by atoms with E-state index in [1.807, 2.05) is 0 Å². The molecule has 0 aliphatic carbocycles. The number of nitrogens with two attached hydrogens (primary N) is 2. The van der Waals surface area contributed by atoms with E-state index in [4.69, 9.17) is 39.4 Å². The van der Waals surface area contributed by atoms with Gasteiger partial charge in [0, 0.05) is 5.57 Å². The lowest BCUT2D eigenvalue weighted by molar-refractivity contribution is -0.114. The van der Waals surface area contributed by atoms with Crippen LogP contribution in [0, 0.1) is 0 Å². The van der Waals surface area contributed by atoms with Crippen LogP contribution in [-0.2, 0) is 4.79 Å². The highest BCUT2D eigenvalue weighted by atomic mass is 35.5. The summed E-state index contributed by atoms with van der Waals surface area (Å²) in [5.74, 6) is -0.430. The van der Waals surface area contributed by atoms with Gasteiger partial charge in [0.1, 0.15) is 0 Å². The van der Waals surface area contributed by atoms with Crippen LogP contribution in [0.4, 0.5) is 0 Å². The van der Waals surface area contributed by atoms with Gasteiger partial charge in [-0.2, -0.15) is 4.99 Å². The summed E-state index contributed by atoms with van der Waals surface area (Å²) in [4.78, 5) is 15.0. The number of carbonyl (C=O) groups is 1. The lowest BCUT2D eigenvalue weighted by Crippen LogP contribution is -2.24. The number of amides is 1. The Bertz CT molecular complexity index is 541. The van der Waals surface area contributed by atoms with Crippen LogP contribution in [-0.4, -0.2) is 19.0 Å². The Morgan fingerprint density at radius 3 is 2.26 bits per heavy atom. The number of hydrogen-bond acceptors (Lipinski definition) is 2. The standard InChI is InChI=1S/C12H13Cl2N3O2/c1-6(11(18)17-12(15)16)3-7-4-8(13)10(19-2)9(14)5-7/h3-5H,1-2H3,(H4,15,16,17,18)/b6-3+. The summed E-state index contributed by atoms with van der Waals surface area (Å²) in [7, 11) is 1.47. The predicted molar refractivity (Wildman–Crippen MR) is 77.5 cm³/mol. The quantitative estimate of drug-likeness (QED) is 0.509. The van der Waals surface area contributed by atoms with Crippen molar-refractivity contribution in [2.24, 2.45) is 16.5 Å². The fourth-order valence-electron chi connectivity index (χ4n) is 1.37. The maximum absolute atomic E-state index is 11.5. The van der Waals surface area contributed by atoms with E-state index in [1.165, 1.54) is 7.11 Å². The monoisotopic (exact) mass is 301 g/mol. The Hall–Kier alpha value is -1.72. The van der Waals surface area contributed by atoms with Gasteiger partial charge < -0.3 is 16.2 Å². The van der Waals surface area contributed by atoms with E-state index in [-0.39, 0.29) is 5.96 Å². The van der Waals surface area contributed by atoms with Crippen molar-refractivity contribution in [3.05, 3.63) is 33.3 Å². The van der Waals surface area contributed by atoms with Crippen LogP contribution in [0.1, 0.15) is 12.5 Å². The topological polar surface area (TPSA) is 90.7 Å². The first-order valence-electron chi connectivity index (χ1n) is 5.20. The number of nitrogens with zero attached hydrogens (tertiary/aromatic N) is 1. The minimum atomic E-state index is -0.525. The number of benzene rings is 1. The number of ether oxygens (including phenoxy) is 1. The lowest BCUT2D eigenvalue weighted by atomic mass is 10.1. The van der Waals surface area contributed by atoms with Gasteiger partial charge in [-0.1, -0.05) is 23.2 Å². The molecule has 7 heteroatoms. The highest BCUT2D eigenvalue weighted by Gasteiger charge is 2.09. The summed E-state index contributed by atoms with van der Waals surface area (Å²) >= 11 is 12.0. The van der Waals surface area contributed by atoms with Crippen LogP contribution in [0.25, 0.3) is 6.08 Å². The van der Waals surface area contributed by atoms with E-state index in [9.17, 15) is 4.79 Å². The van der Waals surface area contributed by atoms with Gasteiger partial charge in [-0.15, -0.1) is 0 Å². The smallest absolute Gasteiger partial charge is 0.275 e. The van der Waals surface area contributed by atoms with E-state index in [1.54, 1.807) is 25.1 Å². The zero-order valence-corrected chi connectivity index (χ0v) is 11.9. The van der Waals surface area contributed by atoms with Crippen molar-refractivity contribution in [3.63, 3.8) is 0 Å². The average Bonchev–Trinajstić information content (AvgIpc) is 2.27. The van der Waals surface area contributed by atoms with Gasteiger partial charge in [-0.3, -0.25) is 4.79 Å². The summed E-state index contributed by atoms with van der Waals surface area (Å²) in [6.07, 6.45) is 1.58. The first-order valence-corrected chi connectivity index (χ1v) is 5.96. The predicted octanol–water partition coefficient (Wildman–Crippen LogP) is 2.21. The van der Waals surface area contributed by atoms with Gasteiger partial charge in [-0.25, -0.2) is 0 Å². The number of hydrogen-bond donors (Lipinski definition) is 2.